The van der Waals surface area contributed by atoms with Crippen molar-refractivity contribution in [2.45, 2.75) is 26.3 Å². The molecule has 10 nitrogen and oxygen atoms in total. The number of carbonyl (C=O) groups excluding carboxylic acids is 1. The van der Waals surface area contributed by atoms with Crippen molar-refractivity contribution in [3.8, 4) is 11.5 Å². The molecule has 0 radical (unpaired) electrons. The summed E-state index contributed by atoms with van der Waals surface area (Å²) in [5.74, 6) is 1.46. The van der Waals surface area contributed by atoms with E-state index in [0.29, 0.717) is 57.3 Å². The molecule has 41 heavy (non-hydrogen) atoms. The van der Waals surface area contributed by atoms with Gasteiger partial charge in [0.1, 0.15) is 15.8 Å². The van der Waals surface area contributed by atoms with Crippen molar-refractivity contribution in [1.82, 2.24) is 23.8 Å². The van der Waals surface area contributed by atoms with Crippen LogP contribution in [0.5, 0.6) is 11.5 Å². The molecule has 0 unspecified atom stereocenters. The Morgan fingerprint density at radius 2 is 1.93 bits per heavy atom. The Morgan fingerprint density at radius 1 is 1.10 bits per heavy atom. The second-order valence-corrected chi connectivity index (χ2v) is 11.1. The highest BCUT2D eigenvalue weighted by Crippen LogP contribution is 2.34. The lowest BCUT2D eigenvalue weighted by atomic mass is 10.1. The van der Waals surface area contributed by atoms with E-state index in [0.717, 1.165) is 24.1 Å². The highest BCUT2D eigenvalue weighted by atomic mass is 32.2. The molecule has 0 aliphatic carbocycles. The minimum absolute atomic E-state index is 0.236. The molecule has 0 spiro atoms. The van der Waals surface area contributed by atoms with E-state index < -0.39 is 0 Å². The molecule has 1 N–H and O–H groups in total. The van der Waals surface area contributed by atoms with Crippen LogP contribution in [0.4, 0.5) is 5.82 Å². The normalized spacial score (nSPS) is 14.3. The van der Waals surface area contributed by atoms with Gasteiger partial charge < -0.3 is 19.4 Å². The maximum atomic E-state index is 13.6. The van der Waals surface area contributed by atoms with Gasteiger partial charge in [0.15, 0.2) is 11.5 Å². The molecule has 4 aromatic rings. The third kappa shape index (κ3) is 6.13. The van der Waals surface area contributed by atoms with Gasteiger partial charge in [0.2, 0.25) is 0 Å². The number of ether oxygens (including phenoxy) is 2. The molecule has 1 saturated heterocycles. The Hall–Kier alpha value is -4.16. The molecule has 1 aliphatic rings. The number of methoxy groups -OCH3 is 2. The van der Waals surface area contributed by atoms with Gasteiger partial charge in [0.05, 0.1) is 31.0 Å². The fourth-order valence-corrected chi connectivity index (χ4v) is 5.86. The monoisotopic (exact) mass is 590 g/mol. The standard InChI is InChI=1S/C29H30N6O4S2/c1-19-6-4-13-34-26(19)32-25(31-10-5-12-33-15-11-30-18-33)21(27(34)36)17-24-28(37)35(29(40)41-24)14-9-20-7-8-22(38-2)23(16-20)39-3/h4,6-8,11,13,15-18,31H,5,9-10,12,14H2,1-3H3. The Labute approximate surface area is 247 Å². The van der Waals surface area contributed by atoms with Gasteiger partial charge in [-0.25, -0.2) is 9.97 Å². The molecule has 0 atom stereocenters. The fraction of sp³-hybridized carbons (Fsp3) is 0.276. The van der Waals surface area contributed by atoms with Crippen LogP contribution < -0.4 is 20.3 Å². The molecule has 3 aromatic heterocycles. The van der Waals surface area contributed by atoms with Crippen molar-refractivity contribution >= 4 is 51.7 Å². The number of amides is 1. The van der Waals surface area contributed by atoms with Gasteiger partial charge in [0, 0.05) is 38.2 Å². The summed E-state index contributed by atoms with van der Waals surface area (Å²) in [6.07, 6.45) is 10.1. The van der Waals surface area contributed by atoms with Crippen LogP contribution in [0.1, 0.15) is 23.1 Å². The zero-order valence-electron chi connectivity index (χ0n) is 23.0. The molecule has 1 fully saturated rings. The van der Waals surface area contributed by atoms with Crippen LogP contribution in [0.3, 0.4) is 0 Å². The molecule has 5 rings (SSSR count). The highest BCUT2D eigenvalue weighted by Gasteiger charge is 2.32. The molecule has 1 amide bonds. The number of anilines is 1. The topological polar surface area (TPSA) is 103 Å². The first-order chi connectivity index (χ1) is 19.9. The van der Waals surface area contributed by atoms with Crippen LogP contribution in [0.15, 0.2) is 64.9 Å². The van der Waals surface area contributed by atoms with Crippen LogP contribution in [0.2, 0.25) is 0 Å². The largest absolute Gasteiger partial charge is 0.493 e. The van der Waals surface area contributed by atoms with Crippen molar-refractivity contribution in [2.24, 2.45) is 0 Å². The number of thiocarbonyl (C=S) groups is 1. The minimum atomic E-state index is -0.258. The van der Waals surface area contributed by atoms with Crippen molar-refractivity contribution in [3.63, 3.8) is 0 Å². The van der Waals surface area contributed by atoms with Crippen molar-refractivity contribution in [3.05, 3.63) is 87.2 Å². The quantitative estimate of drug-likeness (QED) is 0.157. The maximum absolute atomic E-state index is 13.6. The number of aryl methyl sites for hydroxylation is 2. The highest BCUT2D eigenvalue weighted by molar-refractivity contribution is 8.26. The van der Waals surface area contributed by atoms with E-state index >= 15 is 0 Å². The van der Waals surface area contributed by atoms with E-state index in [2.05, 4.69) is 10.3 Å². The molecule has 4 heterocycles. The van der Waals surface area contributed by atoms with Gasteiger partial charge in [-0.2, -0.15) is 0 Å². The van der Waals surface area contributed by atoms with Crippen molar-refractivity contribution < 1.29 is 14.3 Å². The number of benzene rings is 1. The maximum Gasteiger partial charge on any atom is 0.267 e. The molecule has 0 bridgehead atoms. The Balaban J connectivity index is 1.38. The van der Waals surface area contributed by atoms with E-state index in [9.17, 15) is 9.59 Å². The van der Waals surface area contributed by atoms with Crippen LogP contribution >= 0.6 is 24.0 Å². The predicted octanol–water partition coefficient (Wildman–Crippen LogP) is 4.16. The van der Waals surface area contributed by atoms with E-state index in [1.54, 1.807) is 50.0 Å². The number of fused-ring (bicyclic) bond motifs is 1. The summed E-state index contributed by atoms with van der Waals surface area (Å²) in [7, 11) is 3.17. The smallest absolute Gasteiger partial charge is 0.267 e. The van der Waals surface area contributed by atoms with E-state index in [4.69, 9.17) is 26.7 Å². The molecule has 0 saturated carbocycles. The molecular weight excluding hydrogens is 560 g/mol. The average Bonchev–Trinajstić information content (AvgIpc) is 3.59. The third-order valence-corrected chi connectivity index (χ3v) is 8.13. The van der Waals surface area contributed by atoms with Gasteiger partial charge >= 0.3 is 0 Å². The lowest BCUT2D eigenvalue weighted by molar-refractivity contribution is -0.122. The minimum Gasteiger partial charge on any atom is -0.493 e. The summed E-state index contributed by atoms with van der Waals surface area (Å²) in [5, 5.41) is 3.32. The van der Waals surface area contributed by atoms with Gasteiger partial charge in [0.25, 0.3) is 11.5 Å². The summed E-state index contributed by atoms with van der Waals surface area (Å²) in [5.41, 5.74) is 2.48. The van der Waals surface area contributed by atoms with Crippen LogP contribution in [0, 0.1) is 6.92 Å². The number of rotatable bonds is 11. The molecule has 1 aliphatic heterocycles. The summed E-state index contributed by atoms with van der Waals surface area (Å²) < 4.78 is 14.7. The van der Waals surface area contributed by atoms with Crippen LogP contribution in [-0.2, 0) is 17.8 Å². The number of aromatic nitrogens is 4. The fourth-order valence-electron chi connectivity index (χ4n) is 4.56. The second kappa shape index (κ2) is 12.6. The van der Waals surface area contributed by atoms with Gasteiger partial charge in [-0.3, -0.25) is 18.9 Å². The Morgan fingerprint density at radius 3 is 2.68 bits per heavy atom. The van der Waals surface area contributed by atoms with E-state index in [-0.39, 0.29) is 11.5 Å². The summed E-state index contributed by atoms with van der Waals surface area (Å²) >= 11 is 6.75. The molecule has 12 heteroatoms. The average molecular weight is 591 g/mol. The first kappa shape index (κ1) is 28.4. The number of hydrogen-bond acceptors (Lipinski definition) is 9. The number of nitrogens with one attached hydrogen (secondary N) is 1. The summed E-state index contributed by atoms with van der Waals surface area (Å²) in [6, 6.07) is 9.38. The van der Waals surface area contributed by atoms with E-state index in [1.165, 1.54) is 16.2 Å². The van der Waals surface area contributed by atoms with E-state index in [1.807, 2.05) is 42.0 Å². The molecule has 212 valence electrons. The summed E-state index contributed by atoms with van der Waals surface area (Å²) in [6.45, 7) is 3.66. The van der Waals surface area contributed by atoms with Crippen LogP contribution in [-0.4, -0.2) is 61.4 Å². The lowest BCUT2D eigenvalue weighted by Gasteiger charge is -2.15. The number of imidazole rings is 1. The van der Waals surface area contributed by atoms with Gasteiger partial charge in [-0.05, 0) is 55.2 Å². The van der Waals surface area contributed by atoms with Gasteiger partial charge in [-0.1, -0.05) is 36.1 Å². The summed E-state index contributed by atoms with van der Waals surface area (Å²) in [4.78, 5) is 37.9. The first-order valence-electron chi connectivity index (χ1n) is 13.1. The zero-order valence-corrected chi connectivity index (χ0v) is 24.6. The predicted molar refractivity (Wildman–Crippen MR) is 165 cm³/mol. The van der Waals surface area contributed by atoms with Crippen molar-refractivity contribution in [1.29, 1.82) is 0 Å². The van der Waals surface area contributed by atoms with Crippen molar-refractivity contribution in [2.75, 3.05) is 32.6 Å². The number of nitrogens with zero attached hydrogens (tertiary/aromatic N) is 5. The molecule has 1 aromatic carbocycles. The third-order valence-electron chi connectivity index (χ3n) is 6.75. The van der Waals surface area contributed by atoms with Crippen LogP contribution in [0.25, 0.3) is 11.7 Å². The number of pyridine rings is 1. The van der Waals surface area contributed by atoms with Gasteiger partial charge in [-0.15, -0.1) is 0 Å². The Kier molecular flexibility index (Phi) is 8.70. The molecular formula is C29H30N6O4S2. The zero-order chi connectivity index (χ0) is 28.9. The Bertz CT molecular complexity index is 1680. The lowest BCUT2D eigenvalue weighted by Crippen LogP contribution is -2.30. The SMILES string of the molecule is COc1ccc(CCN2C(=O)C(=Cc3c(NCCCn4ccnc4)nc4c(C)cccn4c3=O)SC2=S)cc1OC. The first-order valence-corrected chi connectivity index (χ1v) is 14.3. The second-order valence-electron chi connectivity index (χ2n) is 9.42. The number of carbonyl (C=O) groups is 1. The number of thioether (sulfide) groups is 1. The number of hydrogen-bond donors (Lipinski definition) is 1.